The highest BCUT2D eigenvalue weighted by molar-refractivity contribution is 7.89. The van der Waals surface area contributed by atoms with E-state index in [0.717, 1.165) is 4.31 Å². The molecule has 1 heterocycles. The monoisotopic (exact) mass is 352 g/mol. The van der Waals surface area contributed by atoms with Crippen LogP contribution in [0.5, 0.6) is 0 Å². The first kappa shape index (κ1) is 16.4. The SMILES string of the molecule is COC(=O)C1CCCN1S(=O)(=O)c1c(N)cc(Cl)cc1Cl. The van der Waals surface area contributed by atoms with E-state index in [1.807, 2.05) is 0 Å². The highest BCUT2D eigenvalue weighted by Gasteiger charge is 2.41. The summed E-state index contributed by atoms with van der Waals surface area (Å²) in [5, 5.41) is 0.165. The summed E-state index contributed by atoms with van der Waals surface area (Å²) in [6.07, 6.45) is 0.959. The summed E-state index contributed by atoms with van der Waals surface area (Å²) in [6.45, 7) is 0.209. The number of nitrogen functional groups attached to an aromatic ring is 1. The van der Waals surface area contributed by atoms with Gasteiger partial charge >= 0.3 is 5.97 Å². The Morgan fingerprint density at radius 1 is 1.43 bits per heavy atom. The van der Waals surface area contributed by atoms with Gasteiger partial charge in [0.25, 0.3) is 0 Å². The molecule has 0 radical (unpaired) electrons. The number of nitrogens with two attached hydrogens (primary N) is 1. The molecule has 0 bridgehead atoms. The smallest absolute Gasteiger partial charge is 0.324 e. The molecule has 1 unspecified atom stereocenters. The van der Waals surface area contributed by atoms with Gasteiger partial charge < -0.3 is 10.5 Å². The maximum absolute atomic E-state index is 12.7. The molecule has 0 saturated carbocycles. The molecule has 1 aliphatic rings. The van der Waals surface area contributed by atoms with Crippen LogP contribution in [0.4, 0.5) is 5.69 Å². The van der Waals surface area contributed by atoms with Crippen LogP contribution < -0.4 is 5.73 Å². The number of methoxy groups -OCH3 is 1. The lowest BCUT2D eigenvalue weighted by atomic mass is 10.2. The molecule has 116 valence electrons. The van der Waals surface area contributed by atoms with E-state index in [0.29, 0.717) is 12.8 Å². The third-order valence-electron chi connectivity index (χ3n) is 3.28. The zero-order valence-corrected chi connectivity index (χ0v) is 13.5. The van der Waals surface area contributed by atoms with E-state index in [2.05, 4.69) is 4.74 Å². The van der Waals surface area contributed by atoms with Crippen molar-refractivity contribution >= 4 is 44.9 Å². The summed E-state index contributed by atoms with van der Waals surface area (Å²) in [7, 11) is -2.79. The Balaban J connectivity index is 2.50. The quantitative estimate of drug-likeness (QED) is 0.662. The van der Waals surface area contributed by atoms with E-state index in [1.165, 1.54) is 19.2 Å². The molecule has 0 amide bonds. The predicted molar refractivity (Wildman–Crippen MR) is 79.8 cm³/mol. The molecule has 1 aromatic carbocycles. The Morgan fingerprint density at radius 3 is 2.67 bits per heavy atom. The number of ether oxygens (including phenoxy) is 1. The number of sulfonamides is 1. The summed E-state index contributed by atoms with van der Waals surface area (Å²) < 4.78 is 31.2. The molecule has 2 N–H and O–H groups in total. The number of anilines is 1. The Labute approximate surface area is 132 Å². The van der Waals surface area contributed by atoms with E-state index in [1.54, 1.807) is 0 Å². The van der Waals surface area contributed by atoms with Gasteiger partial charge in [-0.25, -0.2) is 8.42 Å². The summed E-state index contributed by atoms with van der Waals surface area (Å²) in [4.78, 5) is 11.5. The number of hydrogen-bond donors (Lipinski definition) is 1. The van der Waals surface area contributed by atoms with Crippen molar-refractivity contribution < 1.29 is 17.9 Å². The molecule has 0 aliphatic carbocycles. The van der Waals surface area contributed by atoms with Crippen molar-refractivity contribution in [3.05, 3.63) is 22.2 Å². The predicted octanol–water partition coefficient (Wildman–Crippen LogP) is 1.90. The lowest BCUT2D eigenvalue weighted by Crippen LogP contribution is -2.41. The Kier molecular flexibility index (Phi) is 4.67. The Bertz CT molecular complexity index is 655. The highest BCUT2D eigenvalue weighted by atomic mass is 35.5. The molecule has 1 saturated heterocycles. The van der Waals surface area contributed by atoms with Crippen LogP contribution >= 0.6 is 23.2 Å². The molecular weight excluding hydrogens is 339 g/mol. The highest BCUT2D eigenvalue weighted by Crippen LogP contribution is 2.36. The molecule has 0 spiro atoms. The molecule has 1 aromatic rings. The van der Waals surface area contributed by atoms with Crippen LogP contribution in [0.15, 0.2) is 17.0 Å². The van der Waals surface area contributed by atoms with Crippen LogP contribution in [0.3, 0.4) is 0 Å². The topological polar surface area (TPSA) is 89.7 Å². The molecule has 21 heavy (non-hydrogen) atoms. The van der Waals surface area contributed by atoms with Crippen LogP contribution in [0.1, 0.15) is 12.8 Å². The summed E-state index contributed by atoms with van der Waals surface area (Å²) in [5.41, 5.74) is 5.69. The third kappa shape index (κ3) is 2.96. The van der Waals surface area contributed by atoms with Gasteiger partial charge in [0.2, 0.25) is 10.0 Å². The van der Waals surface area contributed by atoms with Crippen molar-refractivity contribution in [3.63, 3.8) is 0 Å². The van der Waals surface area contributed by atoms with Gasteiger partial charge in [-0.2, -0.15) is 4.31 Å². The van der Waals surface area contributed by atoms with E-state index < -0.39 is 22.0 Å². The first-order chi connectivity index (χ1) is 9.78. The van der Waals surface area contributed by atoms with Crippen molar-refractivity contribution in [1.29, 1.82) is 0 Å². The van der Waals surface area contributed by atoms with Gasteiger partial charge in [0, 0.05) is 11.6 Å². The number of hydrogen-bond acceptors (Lipinski definition) is 5. The van der Waals surface area contributed by atoms with Gasteiger partial charge in [-0.3, -0.25) is 4.79 Å². The van der Waals surface area contributed by atoms with Crippen molar-refractivity contribution in [2.24, 2.45) is 0 Å². The average Bonchev–Trinajstić information content (AvgIpc) is 2.86. The summed E-state index contributed by atoms with van der Waals surface area (Å²) in [6, 6.07) is 1.75. The molecule has 0 aromatic heterocycles. The first-order valence-electron chi connectivity index (χ1n) is 6.13. The minimum atomic E-state index is -4.00. The van der Waals surface area contributed by atoms with Crippen molar-refractivity contribution in [2.45, 2.75) is 23.8 Å². The fourth-order valence-electron chi connectivity index (χ4n) is 2.37. The normalized spacial score (nSPS) is 19.7. The molecule has 1 fully saturated rings. The molecule has 6 nitrogen and oxygen atoms in total. The number of rotatable bonds is 3. The minimum absolute atomic E-state index is 0.0528. The van der Waals surface area contributed by atoms with Crippen molar-refractivity contribution in [2.75, 3.05) is 19.4 Å². The molecule has 1 aliphatic heterocycles. The molecule has 2 rings (SSSR count). The van der Waals surface area contributed by atoms with Gasteiger partial charge in [-0.05, 0) is 25.0 Å². The van der Waals surface area contributed by atoms with Crippen molar-refractivity contribution in [1.82, 2.24) is 4.31 Å². The van der Waals surface area contributed by atoms with E-state index in [-0.39, 0.29) is 27.2 Å². The Hall–Kier alpha value is -1.02. The largest absolute Gasteiger partial charge is 0.468 e. The van der Waals surface area contributed by atoms with Gasteiger partial charge in [-0.15, -0.1) is 0 Å². The fourth-order valence-corrected chi connectivity index (χ4v) is 4.96. The number of esters is 1. The van der Waals surface area contributed by atoms with Crippen LogP contribution in [0, 0.1) is 0 Å². The van der Waals surface area contributed by atoms with Crippen LogP contribution in [-0.4, -0.2) is 38.4 Å². The number of nitrogens with zero attached hydrogens (tertiary/aromatic N) is 1. The van der Waals surface area contributed by atoms with Crippen LogP contribution in [0.25, 0.3) is 0 Å². The minimum Gasteiger partial charge on any atom is -0.468 e. The maximum atomic E-state index is 12.7. The van der Waals surface area contributed by atoms with Crippen LogP contribution in [0.2, 0.25) is 10.0 Å². The van der Waals surface area contributed by atoms with Crippen LogP contribution in [-0.2, 0) is 19.6 Å². The van der Waals surface area contributed by atoms with Crippen molar-refractivity contribution in [3.8, 4) is 0 Å². The van der Waals surface area contributed by atoms with Gasteiger partial charge in [0.05, 0.1) is 17.8 Å². The standard InChI is InChI=1S/C12H14Cl2N2O4S/c1-20-12(17)10-3-2-4-16(10)21(18,19)11-8(14)5-7(13)6-9(11)15/h5-6,10H,2-4,15H2,1H3. The molecule has 1 atom stereocenters. The fraction of sp³-hybridized carbons (Fsp3) is 0.417. The maximum Gasteiger partial charge on any atom is 0.324 e. The second kappa shape index (κ2) is 6.00. The first-order valence-corrected chi connectivity index (χ1v) is 8.33. The lowest BCUT2D eigenvalue weighted by molar-refractivity contribution is -0.144. The number of halogens is 2. The molecular formula is C12H14Cl2N2O4S. The average molecular weight is 353 g/mol. The Morgan fingerprint density at radius 2 is 2.10 bits per heavy atom. The summed E-state index contributed by atoms with van der Waals surface area (Å²) in [5.74, 6) is -0.597. The third-order valence-corrected chi connectivity index (χ3v) is 5.94. The zero-order chi connectivity index (χ0) is 15.8. The zero-order valence-electron chi connectivity index (χ0n) is 11.2. The van der Waals surface area contributed by atoms with Gasteiger partial charge in [0.1, 0.15) is 10.9 Å². The molecule has 9 heteroatoms. The second-order valence-electron chi connectivity index (χ2n) is 4.60. The van der Waals surface area contributed by atoms with Gasteiger partial charge in [-0.1, -0.05) is 23.2 Å². The second-order valence-corrected chi connectivity index (χ2v) is 7.27. The number of benzene rings is 1. The summed E-state index contributed by atoms with van der Waals surface area (Å²) >= 11 is 11.8. The van der Waals surface area contributed by atoms with E-state index >= 15 is 0 Å². The van der Waals surface area contributed by atoms with Gasteiger partial charge in [0.15, 0.2) is 0 Å². The lowest BCUT2D eigenvalue weighted by Gasteiger charge is -2.23. The number of carbonyl (C=O) groups is 1. The van der Waals surface area contributed by atoms with E-state index in [9.17, 15) is 13.2 Å². The number of carbonyl (C=O) groups excluding carboxylic acids is 1. The van der Waals surface area contributed by atoms with E-state index in [4.69, 9.17) is 28.9 Å².